The van der Waals surface area contributed by atoms with E-state index in [4.69, 9.17) is 19.5 Å². The number of fused-ring (bicyclic) bond motifs is 9. The number of H-pyrrole nitrogens is 1. The monoisotopic (exact) mass is 587 g/mol. The Labute approximate surface area is 262 Å². The number of aliphatic imine (C=N–C) groups is 2. The molecule has 1 aromatic carbocycles. The fourth-order valence-electron chi connectivity index (χ4n) is 7.45. The summed E-state index contributed by atoms with van der Waals surface area (Å²) in [6, 6.07) is 8.54. The first-order chi connectivity index (χ1) is 21.3. The van der Waals surface area contributed by atoms with E-state index in [1.807, 2.05) is 13.8 Å². The zero-order valence-corrected chi connectivity index (χ0v) is 27.6. The second-order valence-electron chi connectivity index (χ2n) is 11.7. The third-order valence-electron chi connectivity index (χ3n) is 9.51. The first-order valence-electron chi connectivity index (χ1n) is 16.4. The lowest BCUT2D eigenvalue weighted by Crippen LogP contribution is -2.36. The van der Waals surface area contributed by atoms with Gasteiger partial charge in [0, 0.05) is 35.7 Å². The highest BCUT2D eigenvalue weighted by molar-refractivity contribution is 6.21. The molecule has 1 aromatic heterocycles. The zero-order chi connectivity index (χ0) is 31.2. The van der Waals surface area contributed by atoms with Gasteiger partial charge < -0.3 is 14.5 Å². The number of nitrogens with zero attached hydrogens (tertiary/aromatic N) is 2. The maximum atomic E-state index is 6.72. The summed E-state index contributed by atoms with van der Waals surface area (Å²) in [5.74, 6) is -1.08. The molecule has 0 radical (unpaired) electrons. The van der Waals surface area contributed by atoms with Gasteiger partial charge in [-0.1, -0.05) is 52.0 Å². The Kier molecular flexibility index (Phi) is 8.21. The van der Waals surface area contributed by atoms with Crippen LogP contribution in [-0.4, -0.2) is 35.4 Å². The van der Waals surface area contributed by atoms with Crippen molar-refractivity contribution in [1.82, 2.24) is 4.98 Å². The van der Waals surface area contributed by atoms with Crippen LogP contribution in [0.1, 0.15) is 102 Å². The van der Waals surface area contributed by atoms with E-state index >= 15 is 0 Å². The molecule has 0 saturated heterocycles. The van der Waals surface area contributed by atoms with Crippen LogP contribution in [-0.2, 0) is 22.3 Å². The van der Waals surface area contributed by atoms with Gasteiger partial charge in [0.15, 0.2) is 0 Å². The van der Waals surface area contributed by atoms with Crippen molar-refractivity contribution in [3.8, 4) is 0 Å². The second kappa shape index (κ2) is 11.9. The Morgan fingerprint density at radius 1 is 0.614 bits per heavy atom. The molecule has 0 fully saturated rings. The van der Waals surface area contributed by atoms with E-state index < -0.39 is 5.79 Å². The predicted molar refractivity (Wildman–Crippen MR) is 185 cm³/mol. The van der Waals surface area contributed by atoms with Crippen LogP contribution in [0.4, 0.5) is 0 Å². The van der Waals surface area contributed by atoms with Gasteiger partial charge in [-0.25, -0.2) is 9.98 Å². The highest BCUT2D eigenvalue weighted by atomic mass is 16.7. The van der Waals surface area contributed by atoms with Crippen molar-refractivity contribution in [2.75, 3.05) is 13.2 Å². The Morgan fingerprint density at radius 2 is 1.05 bits per heavy atom. The van der Waals surface area contributed by atoms with E-state index in [-0.39, 0.29) is 0 Å². The molecule has 0 spiro atoms. The molecule has 5 nitrogen and oxygen atoms in total. The fraction of sp³-hybridized carbons (Fsp3) is 0.385. The molecule has 0 atom stereocenters. The van der Waals surface area contributed by atoms with E-state index in [9.17, 15) is 0 Å². The van der Waals surface area contributed by atoms with Crippen molar-refractivity contribution < 1.29 is 9.47 Å². The third-order valence-corrected chi connectivity index (χ3v) is 9.51. The molecule has 228 valence electrons. The summed E-state index contributed by atoms with van der Waals surface area (Å²) in [5, 5.41) is 0. The molecule has 0 amide bonds. The normalized spacial score (nSPS) is 18.6. The number of hydrogen-bond acceptors (Lipinski definition) is 4. The molecule has 0 unspecified atom stereocenters. The Morgan fingerprint density at radius 3 is 1.41 bits per heavy atom. The SMILES string of the molecule is CCOC1(OCC)C2=CC3=NC(=Cc4[nH]c(c(CC)c4CC)C=C4N=C(C=C1c1ccccc12)C(C)=C4CC)C(CC)=C3C. The third kappa shape index (κ3) is 4.60. The van der Waals surface area contributed by atoms with Gasteiger partial charge in [-0.3, -0.25) is 0 Å². The number of benzene rings is 1. The highest BCUT2D eigenvalue weighted by Crippen LogP contribution is 2.52. The number of ether oxygens (including phenoxy) is 2. The van der Waals surface area contributed by atoms with Gasteiger partial charge >= 0.3 is 0 Å². The van der Waals surface area contributed by atoms with E-state index in [1.54, 1.807) is 0 Å². The van der Waals surface area contributed by atoms with Gasteiger partial charge in [0.05, 0.1) is 22.8 Å². The topological polar surface area (TPSA) is 59.0 Å². The minimum Gasteiger partial charge on any atom is -0.355 e. The number of aromatic amines is 1. The predicted octanol–water partition coefficient (Wildman–Crippen LogP) is 9.45. The highest BCUT2D eigenvalue weighted by Gasteiger charge is 2.49. The molecule has 4 heterocycles. The van der Waals surface area contributed by atoms with Gasteiger partial charge in [0.2, 0.25) is 5.79 Å². The summed E-state index contributed by atoms with van der Waals surface area (Å²) in [7, 11) is 0. The molecule has 8 bridgehead atoms. The van der Waals surface area contributed by atoms with E-state index in [1.165, 1.54) is 33.4 Å². The largest absolute Gasteiger partial charge is 0.355 e. The lowest BCUT2D eigenvalue weighted by Gasteiger charge is -2.32. The number of nitrogens with one attached hydrogen (secondary N) is 1. The summed E-state index contributed by atoms with van der Waals surface area (Å²) >= 11 is 0. The average Bonchev–Trinajstić information content (AvgIpc) is 3.68. The fourth-order valence-corrected chi connectivity index (χ4v) is 7.45. The van der Waals surface area contributed by atoms with Gasteiger partial charge in [-0.15, -0.1) is 0 Å². The summed E-state index contributed by atoms with van der Waals surface area (Å²) in [6.45, 7) is 18.4. The van der Waals surface area contributed by atoms with Crippen LogP contribution in [0.15, 0.2) is 80.1 Å². The van der Waals surface area contributed by atoms with E-state index in [0.717, 1.165) is 82.2 Å². The van der Waals surface area contributed by atoms with Crippen molar-refractivity contribution >= 4 is 34.7 Å². The van der Waals surface area contributed by atoms with Crippen molar-refractivity contribution in [1.29, 1.82) is 0 Å². The van der Waals surface area contributed by atoms with Crippen LogP contribution in [0.25, 0.3) is 23.3 Å². The van der Waals surface area contributed by atoms with Crippen molar-refractivity contribution in [3.63, 3.8) is 0 Å². The average molecular weight is 588 g/mol. The van der Waals surface area contributed by atoms with Crippen LogP contribution in [0, 0.1) is 0 Å². The molecule has 5 heteroatoms. The first kappa shape index (κ1) is 30.2. The quantitative estimate of drug-likeness (QED) is 0.313. The first-order valence-corrected chi connectivity index (χ1v) is 16.4. The zero-order valence-electron chi connectivity index (χ0n) is 27.6. The molecule has 4 aliphatic rings. The second-order valence-corrected chi connectivity index (χ2v) is 11.7. The van der Waals surface area contributed by atoms with Crippen LogP contribution in [0.5, 0.6) is 0 Å². The molecular formula is C39H45N3O2. The summed E-state index contributed by atoms with van der Waals surface area (Å²) in [4.78, 5) is 14.4. The Hall–Kier alpha value is -3.80. The Bertz CT molecular complexity index is 1650. The van der Waals surface area contributed by atoms with Crippen LogP contribution < -0.4 is 0 Å². The van der Waals surface area contributed by atoms with Crippen molar-refractivity contribution in [2.45, 2.75) is 86.9 Å². The van der Waals surface area contributed by atoms with Crippen molar-refractivity contribution in [2.24, 2.45) is 9.98 Å². The van der Waals surface area contributed by atoms with Gasteiger partial charge in [0.1, 0.15) is 0 Å². The number of hydrogen-bond donors (Lipinski definition) is 1. The standard InChI is InChI=1S/C39H45N3O2/c1-9-25-23(7)33-19-31-29-17-15-16-18-30(29)32(39(31,43-13-5)44-14-6)20-34-24(8)26(10-2)36(41-34)22-38-28(12-4)27(11-3)37(42-38)21-35(25)40-33/h15-22,42H,9-14H2,1-8H3. The number of aromatic nitrogens is 1. The molecule has 1 N–H and O–H groups in total. The summed E-state index contributed by atoms with van der Waals surface area (Å²) in [6.07, 6.45) is 12.6. The summed E-state index contributed by atoms with van der Waals surface area (Å²) < 4.78 is 13.4. The van der Waals surface area contributed by atoms with Gasteiger partial charge in [-0.2, -0.15) is 0 Å². The minimum absolute atomic E-state index is 0.496. The lowest BCUT2D eigenvalue weighted by atomic mass is 9.96. The maximum Gasteiger partial charge on any atom is 0.223 e. The summed E-state index contributed by atoms with van der Waals surface area (Å²) in [5.41, 5.74) is 18.1. The number of rotatable bonds is 8. The van der Waals surface area contributed by atoms with Crippen molar-refractivity contribution in [3.05, 3.63) is 104 Å². The van der Waals surface area contributed by atoms with Crippen LogP contribution >= 0.6 is 0 Å². The molecule has 6 rings (SSSR count). The molecule has 1 aliphatic carbocycles. The van der Waals surface area contributed by atoms with Gasteiger partial charge in [-0.05, 0) is 122 Å². The molecule has 0 saturated carbocycles. The van der Waals surface area contributed by atoms with E-state index in [2.05, 4.69) is 95.1 Å². The number of allylic oxidation sites excluding steroid dienone is 6. The van der Waals surface area contributed by atoms with E-state index in [0.29, 0.717) is 13.2 Å². The lowest BCUT2D eigenvalue weighted by molar-refractivity contribution is -0.147. The molecular weight excluding hydrogens is 542 g/mol. The van der Waals surface area contributed by atoms with Crippen LogP contribution in [0.2, 0.25) is 0 Å². The maximum absolute atomic E-state index is 6.72. The van der Waals surface area contributed by atoms with Gasteiger partial charge in [0.25, 0.3) is 0 Å². The molecule has 44 heavy (non-hydrogen) atoms. The molecule has 2 aromatic rings. The smallest absolute Gasteiger partial charge is 0.223 e. The minimum atomic E-state index is -1.08. The van der Waals surface area contributed by atoms with Crippen LogP contribution in [0.3, 0.4) is 0 Å². The molecule has 3 aliphatic heterocycles. The Balaban J connectivity index is 1.75.